The van der Waals surface area contributed by atoms with Crippen LogP contribution in [0.5, 0.6) is 0 Å². The van der Waals surface area contributed by atoms with E-state index in [0.29, 0.717) is 6.04 Å². The van der Waals surface area contributed by atoms with Gasteiger partial charge in [-0.05, 0) is 51.5 Å². The topological polar surface area (TPSA) is 44.4 Å². The number of nitrogens with one attached hydrogen (secondary N) is 2. The summed E-state index contributed by atoms with van der Waals surface area (Å²) in [5.74, 6) is -1.54. The van der Waals surface area contributed by atoms with Crippen LogP contribution in [0.2, 0.25) is 0 Å². The van der Waals surface area contributed by atoms with E-state index in [1.54, 1.807) is 0 Å². The van der Waals surface area contributed by atoms with Crippen molar-refractivity contribution in [1.82, 2.24) is 10.2 Å². The van der Waals surface area contributed by atoms with E-state index >= 15 is 0 Å². The molecule has 1 heterocycles. The molecule has 0 aliphatic carbocycles. The van der Waals surface area contributed by atoms with E-state index < -0.39 is 11.6 Å². The molecule has 1 atom stereocenters. The Morgan fingerprint density at radius 2 is 2.14 bits per heavy atom. The molecule has 0 spiro atoms. The summed E-state index contributed by atoms with van der Waals surface area (Å²) in [4.78, 5) is 13.9. The van der Waals surface area contributed by atoms with Crippen molar-refractivity contribution < 1.29 is 13.6 Å². The molecule has 0 aromatic heterocycles. The Morgan fingerprint density at radius 1 is 1.36 bits per heavy atom. The van der Waals surface area contributed by atoms with E-state index in [2.05, 4.69) is 10.6 Å². The van der Waals surface area contributed by atoms with Crippen LogP contribution < -0.4 is 10.6 Å². The third kappa shape index (κ3) is 5.51. The molecular formula is C15H22ClF2N3O. The second-order valence-electron chi connectivity index (χ2n) is 5.42. The van der Waals surface area contributed by atoms with Crippen LogP contribution in [0.3, 0.4) is 0 Å². The molecule has 1 amide bonds. The smallest absolute Gasteiger partial charge is 0.238 e. The first-order valence-corrected chi connectivity index (χ1v) is 7.22. The highest BCUT2D eigenvalue weighted by Gasteiger charge is 2.19. The summed E-state index contributed by atoms with van der Waals surface area (Å²) in [6.07, 6.45) is 3.10. The highest BCUT2D eigenvalue weighted by Crippen LogP contribution is 2.16. The number of benzene rings is 1. The van der Waals surface area contributed by atoms with E-state index in [4.69, 9.17) is 0 Å². The minimum atomic E-state index is -0.633. The number of hydrogen-bond donors (Lipinski definition) is 2. The molecule has 1 aromatic carbocycles. The van der Waals surface area contributed by atoms with Crippen molar-refractivity contribution in [2.24, 2.45) is 0 Å². The van der Waals surface area contributed by atoms with Crippen LogP contribution in [0.15, 0.2) is 18.2 Å². The molecule has 22 heavy (non-hydrogen) atoms. The first-order chi connectivity index (χ1) is 10.1. The van der Waals surface area contributed by atoms with E-state index in [-0.39, 0.29) is 30.5 Å². The Morgan fingerprint density at radius 3 is 2.91 bits per heavy atom. The zero-order valence-electron chi connectivity index (χ0n) is 12.6. The van der Waals surface area contributed by atoms with Crippen LogP contribution in [0.1, 0.15) is 19.3 Å². The molecule has 2 N–H and O–H groups in total. The van der Waals surface area contributed by atoms with Crippen LogP contribution in [-0.4, -0.2) is 43.5 Å². The van der Waals surface area contributed by atoms with Crippen molar-refractivity contribution in [1.29, 1.82) is 0 Å². The third-order valence-corrected chi connectivity index (χ3v) is 3.76. The Labute approximate surface area is 135 Å². The Bertz CT molecular complexity index is 494. The summed E-state index contributed by atoms with van der Waals surface area (Å²) in [6, 6.07) is 3.35. The van der Waals surface area contributed by atoms with Crippen LogP contribution >= 0.6 is 12.4 Å². The van der Waals surface area contributed by atoms with Crippen molar-refractivity contribution in [3.05, 3.63) is 29.8 Å². The summed E-state index contributed by atoms with van der Waals surface area (Å²) >= 11 is 0. The van der Waals surface area contributed by atoms with Gasteiger partial charge in [0.2, 0.25) is 5.91 Å². The maximum Gasteiger partial charge on any atom is 0.238 e. The molecule has 7 heteroatoms. The van der Waals surface area contributed by atoms with Gasteiger partial charge in [0.25, 0.3) is 0 Å². The molecule has 1 aliphatic heterocycles. The quantitative estimate of drug-likeness (QED) is 0.889. The van der Waals surface area contributed by atoms with Gasteiger partial charge in [-0.1, -0.05) is 0 Å². The van der Waals surface area contributed by atoms with Crippen LogP contribution in [0.25, 0.3) is 0 Å². The Hall–Kier alpha value is -1.24. The molecule has 1 aromatic rings. The van der Waals surface area contributed by atoms with E-state index in [9.17, 15) is 13.6 Å². The van der Waals surface area contributed by atoms with Crippen molar-refractivity contribution in [2.75, 3.05) is 32.0 Å². The Balaban J connectivity index is 0.00000242. The van der Waals surface area contributed by atoms with Crippen LogP contribution in [0.4, 0.5) is 14.5 Å². The lowest BCUT2D eigenvalue weighted by Crippen LogP contribution is -2.38. The zero-order chi connectivity index (χ0) is 15.2. The zero-order valence-corrected chi connectivity index (χ0v) is 13.4. The molecular weight excluding hydrogens is 312 g/mol. The van der Waals surface area contributed by atoms with Crippen molar-refractivity contribution >= 4 is 24.0 Å². The summed E-state index contributed by atoms with van der Waals surface area (Å²) in [5, 5.41) is 5.75. The largest absolute Gasteiger partial charge is 0.322 e. The summed E-state index contributed by atoms with van der Waals surface area (Å²) in [5.41, 5.74) is -0.115. The van der Waals surface area contributed by atoms with Crippen molar-refractivity contribution in [3.8, 4) is 0 Å². The number of amides is 1. The van der Waals surface area contributed by atoms with E-state index in [1.807, 2.05) is 11.9 Å². The first-order valence-electron chi connectivity index (χ1n) is 7.22. The number of anilines is 1. The molecule has 1 unspecified atom stereocenters. The summed E-state index contributed by atoms with van der Waals surface area (Å²) in [7, 11) is 1.89. The lowest BCUT2D eigenvalue weighted by atomic mass is 10.1. The summed E-state index contributed by atoms with van der Waals surface area (Å²) in [6.45, 7) is 2.11. The number of likely N-dealkylation sites (N-methyl/N-ethyl adjacent to an activating group) is 1. The standard InChI is InChI=1S/C15H21F2N3O.ClH/c1-20(12-3-2-7-18-8-6-12)10-15(21)19-14-9-11(16)4-5-13(14)17;/h4-5,9,12,18H,2-3,6-8,10H2,1H3,(H,19,21);1H. The molecule has 1 saturated heterocycles. The molecule has 0 bridgehead atoms. The number of halogens is 3. The number of carbonyl (C=O) groups excluding carboxylic acids is 1. The van der Waals surface area contributed by atoms with Gasteiger partial charge in [-0.25, -0.2) is 8.78 Å². The maximum absolute atomic E-state index is 13.5. The molecule has 0 radical (unpaired) electrons. The minimum absolute atomic E-state index is 0. The number of carbonyl (C=O) groups is 1. The van der Waals surface area contributed by atoms with Crippen LogP contribution in [0, 0.1) is 11.6 Å². The highest BCUT2D eigenvalue weighted by molar-refractivity contribution is 5.92. The molecule has 0 saturated carbocycles. The second kappa shape index (κ2) is 9.02. The predicted octanol–water partition coefficient (Wildman–Crippen LogP) is 2.40. The van der Waals surface area contributed by atoms with Gasteiger partial charge in [0.15, 0.2) is 0 Å². The first kappa shape index (κ1) is 18.8. The van der Waals surface area contributed by atoms with Gasteiger partial charge in [0.1, 0.15) is 11.6 Å². The maximum atomic E-state index is 13.5. The minimum Gasteiger partial charge on any atom is -0.322 e. The van der Waals surface area contributed by atoms with Gasteiger partial charge >= 0.3 is 0 Å². The van der Waals surface area contributed by atoms with Crippen LogP contribution in [-0.2, 0) is 4.79 Å². The third-order valence-electron chi connectivity index (χ3n) is 3.76. The molecule has 1 aliphatic rings. The molecule has 4 nitrogen and oxygen atoms in total. The SMILES string of the molecule is CN(CC(=O)Nc1cc(F)ccc1F)C1CCCNCC1.Cl. The monoisotopic (exact) mass is 333 g/mol. The fraction of sp³-hybridized carbons (Fsp3) is 0.533. The van der Waals surface area contributed by atoms with Crippen molar-refractivity contribution in [2.45, 2.75) is 25.3 Å². The number of rotatable bonds is 4. The Kier molecular flexibility index (Phi) is 7.72. The predicted molar refractivity (Wildman–Crippen MR) is 85.4 cm³/mol. The van der Waals surface area contributed by atoms with Crippen molar-refractivity contribution in [3.63, 3.8) is 0 Å². The average molecular weight is 334 g/mol. The molecule has 1 fully saturated rings. The van der Waals surface area contributed by atoms with E-state index in [1.165, 1.54) is 0 Å². The number of hydrogen-bond acceptors (Lipinski definition) is 3. The normalized spacial score (nSPS) is 18.5. The van der Waals surface area contributed by atoms with Gasteiger partial charge in [0.05, 0.1) is 12.2 Å². The van der Waals surface area contributed by atoms with Gasteiger partial charge < -0.3 is 10.6 Å². The van der Waals surface area contributed by atoms with Gasteiger partial charge in [-0.15, -0.1) is 12.4 Å². The fourth-order valence-electron chi connectivity index (χ4n) is 2.58. The molecule has 2 rings (SSSR count). The fourth-order valence-corrected chi connectivity index (χ4v) is 2.58. The van der Waals surface area contributed by atoms with Gasteiger partial charge in [-0.2, -0.15) is 0 Å². The second-order valence-corrected chi connectivity index (χ2v) is 5.42. The molecule has 124 valence electrons. The van der Waals surface area contributed by atoms with Gasteiger partial charge in [-0.3, -0.25) is 9.69 Å². The van der Waals surface area contributed by atoms with Gasteiger partial charge in [0, 0.05) is 12.1 Å². The lowest BCUT2D eigenvalue weighted by molar-refractivity contribution is -0.117. The highest BCUT2D eigenvalue weighted by atomic mass is 35.5. The van der Waals surface area contributed by atoms with E-state index in [0.717, 1.165) is 50.6 Å². The average Bonchev–Trinajstić information content (AvgIpc) is 2.72. The lowest BCUT2D eigenvalue weighted by Gasteiger charge is -2.26. The summed E-state index contributed by atoms with van der Waals surface area (Å²) < 4.78 is 26.5. The number of nitrogens with zero attached hydrogens (tertiary/aromatic N) is 1.